The Balaban J connectivity index is 2.36. The summed E-state index contributed by atoms with van der Waals surface area (Å²) in [4.78, 5) is 12.5. The van der Waals surface area contributed by atoms with Crippen LogP contribution < -0.4 is 0 Å². The van der Waals surface area contributed by atoms with Gasteiger partial charge < -0.3 is 4.43 Å². The van der Waals surface area contributed by atoms with Gasteiger partial charge in [0.05, 0.1) is 5.76 Å². The third-order valence-electron chi connectivity index (χ3n) is 6.76. The van der Waals surface area contributed by atoms with E-state index in [2.05, 4.69) is 53.8 Å². The predicted molar refractivity (Wildman–Crippen MR) is 95.2 cm³/mol. The second-order valence-corrected chi connectivity index (χ2v) is 14.2. The quantitative estimate of drug-likeness (QED) is 0.623. The fraction of sp³-hybridized carbons (Fsp3) is 0.842. The summed E-state index contributed by atoms with van der Waals surface area (Å²) >= 11 is 0. The van der Waals surface area contributed by atoms with E-state index >= 15 is 0 Å². The lowest BCUT2D eigenvalue weighted by atomic mass is 9.54. The number of hydrogen-bond donors (Lipinski definition) is 0. The van der Waals surface area contributed by atoms with Crippen LogP contribution in [0.15, 0.2) is 11.8 Å². The third-order valence-corrected chi connectivity index (χ3v) is 11.1. The number of carbonyl (C=O) groups is 1. The Morgan fingerprint density at radius 2 is 1.91 bits per heavy atom. The van der Waals surface area contributed by atoms with Crippen LogP contribution in [0.1, 0.15) is 67.2 Å². The lowest BCUT2D eigenvalue weighted by Crippen LogP contribution is -2.49. The van der Waals surface area contributed by atoms with Gasteiger partial charge in [-0.3, -0.25) is 4.79 Å². The number of allylic oxidation sites excluding steroid dienone is 2. The van der Waals surface area contributed by atoms with Gasteiger partial charge in [-0.25, -0.2) is 0 Å². The van der Waals surface area contributed by atoms with Gasteiger partial charge in [0.25, 0.3) is 0 Å². The number of carbonyl (C=O) groups excluding carboxylic acids is 1. The van der Waals surface area contributed by atoms with Crippen LogP contribution in [0.4, 0.5) is 0 Å². The molecule has 0 saturated heterocycles. The van der Waals surface area contributed by atoms with Gasteiger partial charge in [0.15, 0.2) is 0 Å². The van der Waals surface area contributed by atoms with E-state index in [0.717, 1.165) is 18.6 Å². The van der Waals surface area contributed by atoms with Gasteiger partial charge in [-0.15, -0.1) is 0 Å². The van der Waals surface area contributed by atoms with Gasteiger partial charge >= 0.3 is 0 Å². The average Bonchev–Trinajstić information content (AvgIpc) is 2.71. The van der Waals surface area contributed by atoms with Gasteiger partial charge in [-0.1, -0.05) is 41.0 Å². The zero-order chi connectivity index (χ0) is 17.0. The van der Waals surface area contributed by atoms with E-state index in [0.29, 0.717) is 11.7 Å². The number of Topliss-reactive ketones (excluding diaryl/α,β-unsaturated/α-hetero) is 1. The van der Waals surface area contributed by atoms with Crippen LogP contribution in [0.2, 0.25) is 18.1 Å². The fourth-order valence-corrected chi connectivity index (χ4v) is 5.61. The molecular formula is C19H34O2Si. The Bertz CT molecular complexity index is 496. The largest absolute Gasteiger partial charge is 0.547 e. The molecule has 22 heavy (non-hydrogen) atoms. The zero-order valence-electron chi connectivity index (χ0n) is 15.8. The molecule has 3 heteroatoms. The summed E-state index contributed by atoms with van der Waals surface area (Å²) < 4.78 is 6.60. The van der Waals surface area contributed by atoms with Crippen molar-refractivity contribution >= 4 is 14.1 Å². The van der Waals surface area contributed by atoms with Crippen molar-refractivity contribution in [2.45, 2.75) is 85.4 Å². The van der Waals surface area contributed by atoms with Crippen LogP contribution in [0.5, 0.6) is 0 Å². The first-order chi connectivity index (χ1) is 9.83. The molecule has 0 radical (unpaired) electrons. The molecule has 1 saturated carbocycles. The summed E-state index contributed by atoms with van der Waals surface area (Å²) in [6.45, 7) is 17.7. The summed E-state index contributed by atoms with van der Waals surface area (Å²) in [6, 6.07) is 0. The van der Waals surface area contributed by atoms with E-state index in [4.69, 9.17) is 4.43 Å². The van der Waals surface area contributed by atoms with Crippen LogP contribution >= 0.6 is 0 Å². The van der Waals surface area contributed by atoms with Crippen molar-refractivity contribution in [1.29, 1.82) is 0 Å². The Morgan fingerprint density at radius 3 is 2.41 bits per heavy atom. The van der Waals surface area contributed by atoms with Crippen molar-refractivity contribution in [2.75, 3.05) is 0 Å². The second-order valence-electron chi connectivity index (χ2n) is 9.52. The Labute approximate surface area is 137 Å². The maximum absolute atomic E-state index is 12.5. The minimum Gasteiger partial charge on any atom is -0.547 e. The summed E-state index contributed by atoms with van der Waals surface area (Å²) in [6.07, 6.45) is 6.63. The molecule has 0 aliphatic heterocycles. The molecule has 0 bridgehead atoms. The van der Waals surface area contributed by atoms with Crippen LogP contribution in [-0.4, -0.2) is 14.1 Å². The topological polar surface area (TPSA) is 26.3 Å². The fourth-order valence-electron chi connectivity index (χ4n) is 4.50. The summed E-state index contributed by atoms with van der Waals surface area (Å²) in [5.74, 6) is 1.99. The summed E-state index contributed by atoms with van der Waals surface area (Å²) in [7, 11) is -1.80. The van der Waals surface area contributed by atoms with Gasteiger partial charge in [-0.05, 0) is 55.3 Å². The van der Waals surface area contributed by atoms with Crippen LogP contribution in [0.25, 0.3) is 0 Å². The molecule has 1 fully saturated rings. The highest BCUT2D eigenvalue weighted by atomic mass is 28.4. The summed E-state index contributed by atoms with van der Waals surface area (Å²) in [5.41, 5.74) is -0.261. The van der Waals surface area contributed by atoms with Crippen LogP contribution in [0.3, 0.4) is 0 Å². The molecule has 2 rings (SSSR count). The van der Waals surface area contributed by atoms with Crippen molar-refractivity contribution in [3.8, 4) is 0 Å². The second kappa shape index (κ2) is 5.22. The molecule has 0 spiro atoms. The monoisotopic (exact) mass is 322 g/mol. The van der Waals surface area contributed by atoms with Crippen LogP contribution in [-0.2, 0) is 9.22 Å². The predicted octanol–water partition coefficient (Wildman–Crippen LogP) is 5.70. The Morgan fingerprint density at radius 1 is 1.32 bits per heavy atom. The maximum Gasteiger partial charge on any atom is 0.250 e. The number of fused-ring (bicyclic) bond motifs is 1. The van der Waals surface area contributed by atoms with Gasteiger partial charge in [0, 0.05) is 11.8 Å². The van der Waals surface area contributed by atoms with Crippen molar-refractivity contribution in [2.24, 2.45) is 16.7 Å². The first-order valence-corrected chi connectivity index (χ1v) is 11.7. The molecule has 2 aliphatic carbocycles. The highest BCUT2D eigenvalue weighted by Crippen LogP contribution is 2.61. The molecule has 2 atom stereocenters. The lowest BCUT2D eigenvalue weighted by molar-refractivity contribution is -0.136. The zero-order valence-corrected chi connectivity index (χ0v) is 16.8. The van der Waals surface area contributed by atoms with Gasteiger partial charge in [0.1, 0.15) is 5.78 Å². The van der Waals surface area contributed by atoms with Gasteiger partial charge in [0.2, 0.25) is 8.32 Å². The van der Waals surface area contributed by atoms with Crippen molar-refractivity contribution in [3.05, 3.63) is 11.8 Å². The molecular weight excluding hydrogens is 288 g/mol. The number of rotatable bonds is 3. The molecule has 2 aliphatic rings. The van der Waals surface area contributed by atoms with E-state index in [1.807, 2.05) is 0 Å². The van der Waals surface area contributed by atoms with Crippen LogP contribution in [0, 0.1) is 16.7 Å². The van der Waals surface area contributed by atoms with E-state index in [1.54, 1.807) is 6.92 Å². The Kier molecular flexibility index (Phi) is 4.22. The average molecular weight is 323 g/mol. The standard InChI is InChI=1S/C19H34O2Si/c1-14(20)19-11-9-10-15(19)12-16(13-18(19,5)6)21-22(7,8)17(2,3)4/h13,15H,9-12H2,1-8H3/t15-,19+/m0/s1. The number of ketones is 1. The molecule has 0 unspecified atom stereocenters. The molecule has 0 amide bonds. The first kappa shape index (κ1) is 17.8. The van der Waals surface area contributed by atoms with Crippen molar-refractivity contribution in [1.82, 2.24) is 0 Å². The van der Waals surface area contributed by atoms with E-state index in [-0.39, 0.29) is 15.9 Å². The SMILES string of the molecule is CC(=O)[C@]12CCC[C@H]1CC(O[Si](C)(C)C(C)(C)C)=CC2(C)C. The van der Waals surface area contributed by atoms with Crippen molar-refractivity contribution in [3.63, 3.8) is 0 Å². The lowest BCUT2D eigenvalue weighted by Gasteiger charge is -2.50. The van der Waals surface area contributed by atoms with Gasteiger partial charge in [-0.2, -0.15) is 0 Å². The third kappa shape index (κ3) is 2.59. The minimum atomic E-state index is -1.80. The smallest absolute Gasteiger partial charge is 0.250 e. The normalized spacial score (nSPS) is 31.5. The highest BCUT2D eigenvalue weighted by molar-refractivity contribution is 6.74. The molecule has 126 valence electrons. The first-order valence-electron chi connectivity index (χ1n) is 8.75. The molecule has 0 heterocycles. The maximum atomic E-state index is 12.5. The molecule has 0 aromatic carbocycles. The Hall–Kier alpha value is -0.573. The molecule has 0 N–H and O–H groups in total. The molecule has 0 aromatic rings. The molecule has 0 aromatic heterocycles. The van der Waals surface area contributed by atoms with E-state index < -0.39 is 8.32 Å². The number of hydrogen-bond acceptors (Lipinski definition) is 2. The minimum absolute atomic E-state index is 0.101. The van der Waals surface area contributed by atoms with Crippen molar-refractivity contribution < 1.29 is 9.22 Å². The van der Waals surface area contributed by atoms with E-state index in [1.165, 1.54) is 12.8 Å². The highest BCUT2D eigenvalue weighted by Gasteiger charge is 2.58. The summed E-state index contributed by atoms with van der Waals surface area (Å²) in [5, 5.41) is 0.211. The van der Waals surface area contributed by atoms with E-state index in [9.17, 15) is 4.79 Å². The molecule has 2 nitrogen and oxygen atoms in total.